The Morgan fingerprint density at radius 1 is 1.60 bits per heavy atom. The number of carbonyl (C=O) groups is 1. The van der Waals surface area contributed by atoms with Gasteiger partial charge in [-0.2, -0.15) is 0 Å². The summed E-state index contributed by atoms with van der Waals surface area (Å²) in [4.78, 5) is 13.9. The molecule has 0 saturated carbocycles. The first kappa shape index (κ1) is 10.9. The Kier molecular flexibility index (Phi) is 3.26. The molecule has 0 saturated heterocycles. The van der Waals surface area contributed by atoms with E-state index in [0.29, 0.717) is 0 Å². The van der Waals surface area contributed by atoms with Gasteiger partial charge in [-0.1, -0.05) is 11.6 Å². The van der Waals surface area contributed by atoms with Crippen LogP contribution in [0.4, 0.5) is 0 Å². The van der Waals surface area contributed by atoms with Gasteiger partial charge < -0.3 is 4.90 Å². The smallest absolute Gasteiger partial charge is 0.255 e. The molecule has 0 atom stereocenters. The van der Waals surface area contributed by atoms with Crippen LogP contribution in [-0.2, 0) is 0 Å². The molecule has 1 aliphatic rings. The summed E-state index contributed by atoms with van der Waals surface area (Å²) in [5, 5.41) is 1.90. The van der Waals surface area contributed by atoms with Gasteiger partial charge in [-0.3, -0.25) is 4.79 Å². The maximum atomic E-state index is 12.0. The van der Waals surface area contributed by atoms with Gasteiger partial charge in [0, 0.05) is 18.5 Å². The van der Waals surface area contributed by atoms with E-state index in [4.69, 9.17) is 0 Å². The molecule has 1 amide bonds. The summed E-state index contributed by atoms with van der Waals surface area (Å²) in [5.74, 6) is 0.143. The molecule has 0 N–H and O–H groups in total. The molecule has 0 spiro atoms. The molecule has 1 aromatic heterocycles. The van der Waals surface area contributed by atoms with Crippen LogP contribution < -0.4 is 0 Å². The Morgan fingerprint density at radius 3 is 3.00 bits per heavy atom. The van der Waals surface area contributed by atoms with Crippen molar-refractivity contribution in [1.82, 2.24) is 4.90 Å². The highest BCUT2D eigenvalue weighted by atomic mass is 79.9. The van der Waals surface area contributed by atoms with E-state index in [1.807, 2.05) is 16.3 Å². The van der Waals surface area contributed by atoms with Gasteiger partial charge in [0.1, 0.15) is 0 Å². The second-order valence-electron chi connectivity index (χ2n) is 3.71. The monoisotopic (exact) mass is 285 g/mol. The van der Waals surface area contributed by atoms with Crippen molar-refractivity contribution in [3.8, 4) is 0 Å². The largest absolute Gasteiger partial charge is 0.334 e. The predicted octanol–water partition coefficient (Wildman–Crippen LogP) is 3.30. The third-order valence-electron chi connectivity index (χ3n) is 2.43. The van der Waals surface area contributed by atoms with Crippen LogP contribution in [0.15, 0.2) is 26.9 Å². The van der Waals surface area contributed by atoms with Crippen LogP contribution in [0.5, 0.6) is 0 Å². The second kappa shape index (κ2) is 4.49. The summed E-state index contributed by atoms with van der Waals surface area (Å²) in [6, 6.07) is 1.89. The fourth-order valence-corrected chi connectivity index (χ4v) is 2.82. The van der Waals surface area contributed by atoms with E-state index in [9.17, 15) is 4.79 Å². The van der Waals surface area contributed by atoms with Crippen LogP contribution in [0.3, 0.4) is 0 Å². The number of thiophene rings is 1. The van der Waals surface area contributed by atoms with Crippen molar-refractivity contribution in [2.24, 2.45) is 0 Å². The van der Waals surface area contributed by atoms with Gasteiger partial charge in [0.05, 0.1) is 9.35 Å². The zero-order valence-electron chi connectivity index (χ0n) is 8.50. The summed E-state index contributed by atoms with van der Waals surface area (Å²) < 4.78 is 1.01. The minimum absolute atomic E-state index is 0.143. The third-order valence-corrected chi connectivity index (χ3v) is 3.94. The SMILES string of the molecule is CC1=CCCN(C(=O)c2csc(Br)c2)C1. The van der Waals surface area contributed by atoms with Crippen molar-refractivity contribution in [1.29, 1.82) is 0 Å². The van der Waals surface area contributed by atoms with Gasteiger partial charge in [-0.25, -0.2) is 0 Å². The number of hydrogen-bond donors (Lipinski definition) is 0. The maximum absolute atomic E-state index is 12.0. The average molecular weight is 286 g/mol. The van der Waals surface area contributed by atoms with E-state index in [1.165, 1.54) is 5.57 Å². The van der Waals surface area contributed by atoms with E-state index in [-0.39, 0.29) is 5.91 Å². The first-order valence-corrected chi connectivity index (χ1v) is 6.53. The Bertz CT molecular complexity index is 410. The molecule has 0 radical (unpaired) electrons. The Morgan fingerprint density at radius 2 is 2.40 bits per heavy atom. The minimum atomic E-state index is 0.143. The molecule has 1 aromatic rings. The number of hydrogen-bond acceptors (Lipinski definition) is 2. The summed E-state index contributed by atoms with van der Waals surface area (Å²) in [5.41, 5.74) is 2.07. The normalized spacial score (nSPS) is 16.4. The van der Waals surface area contributed by atoms with E-state index in [1.54, 1.807) is 11.3 Å². The molecule has 0 fully saturated rings. The number of rotatable bonds is 1. The lowest BCUT2D eigenvalue weighted by Gasteiger charge is -2.25. The molecule has 15 heavy (non-hydrogen) atoms. The van der Waals surface area contributed by atoms with Crippen LogP contribution in [0, 0.1) is 0 Å². The Hall–Kier alpha value is -0.610. The van der Waals surface area contributed by atoms with Gasteiger partial charge in [0.2, 0.25) is 0 Å². The lowest BCUT2D eigenvalue weighted by molar-refractivity contribution is 0.0766. The van der Waals surface area contributed by atoms with E-state index in [0.717, 1.165) is 28.9 Å². The van der Waals surface area contributed by atoms with Crippen LogP contribution in [0.25, 0.3) is 0 Å². The molecule has 0 aliphatic carbocycles. The van der Waals surface area contributed by atoms with E-state index < -0.39 is 0 Å². The molecular weight excluding hydrogens is 274 g/mol. The van der Waals surface area contributed by atoms with Gasteiger partial charge in [-0.15, -0.1) is 11.3 Å². The zero-order valence-corrected chi connectivity index (χ0v) is 10.9. The van der Waals surface area contributed by atoms with Crippen LogP contribution in [-0.4, -0.2) is 23.9 Å². The first-order chi connectivity index (χ1) is 7.16. The van der Waals surface area contributed by atoms with E-state index in [2.05, 4.69) is 28.9 Å². The molecular formula is C11H12BrNOS. The van der Waals surface area contributed by atoms with Gasteiger partial charge in [-0.05, 0) is 35.3 Å². The van der Waals surface area contributed by atoms with Crippen molar-refractivity contribution >= 4 is 33.2 Å². The van der Waals surface area contributed by atoms with Crippen LogP contribution in [0.1, 0.15) is 23.7 Å². The molecule has 0 aromatic carbocycles. The number of nitrogens with zero attached hydrogens (tertiary/aromatic N) is 1. The highest BCUT2D eigenvalue weighted by molar-refractivity contribution is 9.11. The molecule has 2 rings (SSSR count). The number of carbonyl (C=O) groups excluding carboxylic acids is 1. The zero-order chi connectivity index (χ0) is 10.8. The van der Waals surface area contributed by atoms with Gasteiger partial charge in [0.25, 0.3) is 5.91 Å². The topological polar surface area (TPSA) is 20.3 Å². The summed E-state index contributed by atoms with van der Waals surface area (Å²) in [6.45, 7) is 3.68. The minimum Gasteiger partial charge on any atom is -0.334 e. The average Bonchev–Trinajstić information content (AvgIpc) is 2.64. The molecule has 0 unspecified atom stereocenters. The standard InChI is InChI=1S/C11H12BrNOS/c1-8-3-2-4-13(6-8)11(14)9-5-10(12)15-7-9/h3,5,7H,2,4,6H2,1H3. The first-order valence-electron chi connectivity index (χ1n) is 4.86. The fourth-order valence-electron chi connectivity index (χ4n) is 1.69. The number of halogens is 1. The molecule has 1 aliphatic heterocycles. The van der Waals surface area contributed by atoms with Crippen molar-refractivity contribution < 1.29 is 4.79 Å². The van der Waals surface area contributed by atoms with Crippen molar-refractivity contribution in [2.45, 2.75) is 13.3 Å². The highest BCUT2D eigenvalue weighted by Crippen LogP contribution is 2.22. The second-order valence-corrected chi connectivity index (χ2v) is 6.00. The summed E-state index contributed by atoms with van der Waals surface area (Å²) >= 11 is 4.92. The van der Waals surface area contributed by atoms with Crippen molar-refractivity contribution in [2.75, 3.05) is 13.1 Å². The van der Waals surface area contributed by atoms with Crippen molar-refractivity contribution in [3.63, 3.8) is 0 Å². The van der Waals surface area contributed by atoms with Crippen LogP contribution >= 0.6 is 27.3 Å². The Labute approximate surface area is 102 Å². The molecule has 0 bridgehead atoms. The van der Waals surface area contributed by atoms with Crippen LogP contribution in [0.2, 0.25) is 0 Å². The number of amides is 1. The van der Waals surface area contributed by atoms with Gasteiger partial charge in [0.15, 0.2) is 0 Å². The quantitative estimate of drug-likeness (QED) is 0.725. The predicted molar refractivity (Wildman–Crippen MR) is 66.3 cm³/mol. The van der Waals surface area contributed by atoms with E-state index >= 15 is 0 Å². The molecule has 80 valence electrons. The fraction of sp³-hybridized carbons (Fsp3) is 0.364. The third kappa shape index (κ3) is 2.49. The van der Waals surface area contributed by atoms with Gasteiger partial charge >= 0.3 is 0 Å². The summed E-state index contributed by atoms with van der Waals surface area (Å²) in [7, 11) is 0. The molecule has 4 heteroatoms. The summed E-state index contributed by atoms with van der Waals surface area (Å²) in [6.07, 6.45) is 3.18. The Balaban J connectivity index is 2.12. The lowest BCUT2D eigenvalue weighted by atomic mass is 10.1. The molecule has 2 nitrogen and oxygen atoms in total. The highest BCUT2D eigenvalue weighted by Gasteiger charge is 2.18. The lowest BCUT2D eigenvalue weighted by Crippen LogP contribution is -2.35. The molecule has 2 heterocycles. The maximum Gasteiger partial charge on any atom is 0.255 e. The van der Waals surface area contributed by atoms with Crippen molar-refractivity contribution in [3.05, 3.63) is 32.4 Å².